The Hall–Kier alpha value is -3.24. The molecule has 0 saturated carbocycles. The number of nitrogens with zero attached hydrogens (tertiary/aromatic N) is 3. The number of likely N-dealkylation sites (tertiary alicyclic amines) is 1. The minimum Gasteiger partial charge on any atom is -0.369 e. The summed E-state index contributed by atoms with van der Waals surface area (Å²) in [6, 6.07) is 9.94. The van der Waals surface area contributed by atoms with Crippen molar-refractivity contribution in [3.8, 4) is 22.5 Å². The lowest BCUT2D eigenvalue weighted by Crippen LogP contribution is -2.46. The van der Waals surface area contributed by atoms with E-state index in [0.717, 1.165) is 33.9 Å². The number of carbonyl (C=O) groups is 2. The second-order valence-electron chi connectivity index (χ2n) is 8.20. The van der Waals surface area contributed by atoms with Crippen molar-refractivity contribution in [1.29, 1.82) is 0 Å². The summed E-state index contributed by atoms with van der Waals surface area (Å²) >= 11 is 1.44. The number of amides is 2. The van der Waals surface area contributed by atoms with Crippen molar-refractivity contribution in [3.63, 3.8) is 0 Å². The molecule has 1 unspecified atom stereocenters. The van der Waals surface area contributed by atoms with Gasteiger partial charge in [-0.15, -0.1) is 11.3 Å². The van der Waals surface area contributed by atoms with Gasteiger partial charge in [-0.25, -0.2) is 13.8 Å². The number of aromatic nitrogens is 2. The quantitative estimate of drug-likeness (QED) is 0.451. The van der Waals surface area contributed by atoms with E-state index in [2.05, 4.69) is 15.3 Å². The molecule has 0 radical (unpaired) electrons. The summed E-state index contributed by atoms with van der Waals surface area (Å²) in [7, 11) is 0. The number of halogens is 2. The first-order chi connectivity index (χ1) is 17.0. The lowest BCUT2D eigenvalue weighted by molar-refractivity contribution is -0.139. The van der Waals surface area contributed by atoms with Crippen LogP contribution in [0.4, 0.5) is 8.78 Å². The molecule has 1 fully saturated rings. The highest BCUT2D eigenvalue weighted by Crippen LogP contribution is 2.24. The highest BCUT2D eigenvalue weighted by molar-refractivity contribution is 7.09. The molecular formula is C25H26F2N4O3S. The largest absolute Gasteiger partial charge is 0.369 e. The molecule has 1 saturated heterocycles. The summed E-state index contributed by atoms with van der Waals surface area (Å²) in [6.45, 7) is 0.307. The molecule has 2 amide bonds. The third-order valence-corrected chi connectivity index (χ3v) is 6.61. The van der Waals surface area contributed by atoms with Crippen molar-refractivity contribution in [2.24, 2.45) is 5.92 Å². The van der Waals surface area contributed by atoms with Gasteiger partial charge in [-0.2, -0.15) is 0 Å². The van der Waals surface area contributed by atoms with E-state index in [1.54, 1.807) is 23.2 Å². The Labute approximate surface area is 206 Å². The first-order valence-electron chi connectivity index (χ1n) is 11.4. The average molecular weight is 501 g/mol. The van der Waals surface area contributed by atoms with Gasteiger partial charge in [0.2, 0.25) is 11.8 Å². The van der Waals surface area contributed by atoms with Crippen LogP contribution in [0.25, 0.3) is 22.5 Å². The number of carbonyl (C=O) groups excluding carboxylic acids is 2. The molecule has 0 bridgehead atoms. The molecule has 0 spiro atoms. The summed E-state index contributed by atoms with van der Waals surface area (Å²) < 4.78 is 30.3. The Balaban J connectivity index is 1.29. The fourth-order valence-electron chi connectivity index (χ4n) is 3.89. The van der Waals surface area contributed by atoms with Gasteiger partial charge in [0.05, 0.1) is 30.5 Å². The van der Waals surface area contributed by atoms with Gasteiger partial charge < -0.3 is 15.0 Å². The van der Waals surface area contributed by atoms with Gasteiger partial charge in [0.25, 0.3) is 0 Å². The summed E-state index contributed by atoms with van der Waals surface area (Å²) in [5, 5.41) is 5.60. The molecular weight excluding hydrogens is 474 g/mol. The van der Waals surface area contributed by atoms with Crippen LogP contribution in [-0.4, -0.2) is 59.7 Å². The van der Waals surface area contributed by atoms with E-state index in [-0.39, 0.29) is 36.8 Å². The summed E-state index contributed by atoms with van der Waals surface area (Å²) in [6.07, 6.45) is 3.16. The van der Waals surface area contributed by atoms with E-state index in [0.29, 0.717) is 26.1 Å². The predicted molar refractivity (Wildman–Crippen MR) is 129 cm³/mol. The Bertz CT molecular complexity index is 1140. The number of hydrogen-bond acceptors (Lipinski definition) is 6. The Morgan fingerprint density at radius 3 is 2.69 bits per heavy atom. The molecule has 1 atom stereocenters. The topological polar surface area (TPSA) is 84.4 Å². The van der Waals surface area contributed by atoms with Crippen LogP contribution in [0.2, 0.25) is 0 Å². The van der Waals surface area contributed by atoms with Crippen molar-refractivity contribution in [2.45, 2.75) is 19.4 Å². The Morgan fingerprint density at radius 2 is 1.94 bits per heavy atom. The highest BCUT2D eigenvalue weighted by Gasteiger charge is 2.28. The van der Waals surface area contributed by atoms with Crippen molar-refractivity contribution in [3.05, 3.63) is 58.8 Å². The van der Waals surface area contributed by atoms with Crippen molar-refractivity contribution in [2.75, 3.05) is 33.0 Å². The third-order valence-electron chi connectivity index (χ3n) is 5.76. The molecule has 184 valence electrons. The molecule has 0 aliphatic carbocycles. The standard InChI is InChI=1S/C25H26F2N4O3S/c26-9-11-34-15-24(32)31-10-1-2-19(14-31)25(33)29-13-23-30-22(16-35-23)18-5-8-21(28-12-18)17-3-6-20(27)7-4-17/h3-8,12,16,19H,1-2,9-11,13-15H2,(H,29,33). The normalized spacial score (nSPS) is 15.7. The summed E-state index contributed by atoms with van der Waals surface area (Å²) in [4.78, 5) is 35.5. The van der Waals surface area contributed by atoms with Crippen LogP contribution in [0.1, 0.15) is 17.8 Å². The zero-order valence-corrected chi connectivity index (χ0v) is 19.9. The van der Waals surface area contributed by atoms with Crippen LogP contribution in [0, 0.1) is 11.7 Å². The lowest BCUT2D eigenvalue weighted by atomic mass is 9.97. The number of pyridine rings is 1. The zero-order valence-electron chi connectivity index (χ0n) is 19.1. The second-order valence-corrected chi connectivity index (χ2v) is 9.15. The number of rotatable bonds is 9. The fourth-order valence-corrected chi connectivity index (χ4v) is 4.63. The van der Waals surface area contributed by atoms with E-state index in [1.807, 2.05) is 17.5 Å². The minimum absolute atomic E-state index is 0.103. The molecule has 3 heterocycles. The van der Waals surface area contributed by atoms with Gasteiger partial charge in [-0.1, -0.05) is 0 Å². The molecule has 1 aliphatic rings. The van der Waals surface area contributed by atoms with Crippen molar-refractivity contribution in [1.82, 2.24) is 20.2 Å². The monoisotopic (exact) mass is 500 g/mol. The maximum absolute atomic E-state index is 13.1. The van der Waals surface area contributed by atoms with Crippen LogP contribution in [0.3, 0.4) is 0 Å². The second kappa shape index (κ2) is 11.9. The first kappa shape index (κ1) is 24.9. The number of benzene rings is 1. The molecule has 4 rings (SSSR count). The summed E-state index contributed by atoms with van der Waals surface area (Å²) in [5.41, 5.74) is 3.18. The number of nitrogens with one attached hydrogen (secondary N) is 1. The lowest BCUT2D eigenvalue weighted by Gasteiger charge is -2.32. The van der Waals surface area contributed by atoms with E-state index in [4.69, 9.17) is 4.74 Å². The summed E-state index contributed by atoms with van der Waals surface area (Å²) in [5.74, 6) is -0.924. The molecule has 1 N–H and O–H groups in total. The van der Waals surface area contributed by atoms with Crippen LogP contribution >= 0.6 is 11.3 Å². The van der Waals surface area contributed by atoms with Crippen molar-refractivity contribution < 1.29 is 23.1 Å². The smallest absolute Gasteiger partial charge is 0.248 e. The van der Waals surface area contributed by atoms with Crippen LogP contribution in [0.5, 0.6) is 0 Å². The maximum atomic E-state index is 13.1. The van der Waals surface area contributed by atoms with Gasteiger partial charge in [0, 0.05) is 35.8 Å². The maximum Gasteiger partial charge on any atom is 0.248 e. The van der Waals surface area contributed by atoms with E-state index < -0.39 is 6.67 Å². The fraction of sp³-hybridized carbons (Fsp3) is 0.360. The molecule has 1 aliphatic heterocycles. The first-order valence-corrected chi connectivity index (χ1v) is 12.3. The van der Waals surface area contributed by atoms with E-state index in [1.165, 1.54) is 23.5 Å². The minimum atomic E-state index is -0.630. The third kappa shape index (κ3) is 6.67. The average Bonchev–Trinajstić information content (AvgIpc) is 3.37. The number of ether oxygens (including phenoxy) is 1. The predicted octanol–water partition coefficient (Wildman–Crippen LogP) is 3.85. The SMILES string of the molecule is O=C(NCc1nc(-c2ccc(-c3ccc(F)cc3)nc2)cs1)C1CCCN(C(=O)COCCF)C1. The molecule has 35 heavy (non-hydrogen) atoms. The molecule has 2 aromatic heterocycles. The number of alkyl halides is 1. The Kier molecular flexibility index (Phi) is 8.49. The van der Waals surface area contributed by atoms with Crippen molar-refractivity contribution >= 4 is 23.2 Å². The van der Waals surface area contributed by atoms with Crippen LogP contribution < -0.4 is 5.32 Å². The van der Waals surface area contributed by atoms with Gasteiger partial charge in [-0.3, -0.25) is 14.6 Å². The zero-order chi connectivity index (χ0) is 24.6. The number of hydrogen-bond donors (Lipinski definition) is 1. The van der Waals surface area contributed by atoms with Gasteiger partial charge in [0.1, 0.15) is 24.1 Å². The number of piperidine rings is 1. The van der Waals surface area contributed by atoms with Crippen LogP contribution in [0.15, 0.2) is 48.0 Å². The van der Waals surface area contributed by atoms with E-state index >= 15 is 0 Å². The van der Waals surface area contributed by atoms with Crippen LogP contribution in [-0.2, 0) is 20.9 Å². The van der Waals surface area contributed by atoms with Gasteiger partial charge in [0.15, 0.2) is 0 Å². The van der Waals surface area contributed by atoms with Gasteiger partial charge >= 0.3 is 0 Å². The highest BCUT2D eigenvalue weighted by atomic mass is 32.1. The number of thiazole rings is 1. The Morgan fingerprint density at radius 1 is 1.14 bits per heavy atom. The molecule has 3 aromatic rings. The molecule has 7 nitrogen and oxygen atoms in total. The van der Waals surface area contributed by atoms with Gasteiger partial charge in [-0.05, 0) is 49.2 Å². The molecule has 10 heteroatoms. The van der Waals surface area contributed by atoms with E-state index in [9.17, 15) is 18.4 Å². The molecule has 1 aromatic carbocycles.